The van der Waals surface area contributed by atoms with Crippen molar-refractivity contribution in [3.05, 3.63) is 40.6 Å². The Morgan fingerprint density at radius 2 is 2.13 bits per heavy atom. The molecule has 23 heavy (non-hydrogen) atoms. The number of benzene rings is 1. The van der Waals surface area contributed by atoms with E-state index in [0.29, 0.717) is 6.42 Å². The van der Waals surface area contributed by atoms with Gasteiger partial charge in [-0.2, -0.15) is 0 Å². The topological polar surface area (TPSA) is 48.1 Å². The molecule has 2 aliphatic heterocycles. The summed E-state index contributed by atoms with van der Waals surface area (Å²) in [5, 5.41) is 3.44. The maximum absolute atomic E-state index is 12.0. The Morgan fingerprint density at radius 1 is 1.30 bits per heavy atom. The number of halogens is 1. The van der Waals surface area contributed by atoms with Gasteiger partial charge in [0.05, 0.1) is 6.42 Å². The van der Waals surface area contributed by atoms with E-state index in [1.54, 1.807) is 0 Å². The molecule has 4 rings (SSSR count). The fourth-order valence-electron chi connectivity index (χ4n) is 3.75. The number of nitrogens with one attached hydrogen (secondary N) is 2. The molecule has 2 aromatic rings. The highest BCUT2D eigenvalue weighted by Gasteiger charge is 2.26. The van der Waals surface area contributed by atoms with Gasteiger partial charge in [-0.25, -0.2) is 0 Å². The molecule has 3 heterocycles. The number of carbonyl (C=O) groups excluding carboxylic acids is 1. The molecule has 0 bridgehead atoms. The molecule has 4 nitrogen and oxygen atoms in total. The number of aromatic nitrogens is 1. The molecule has 5 heteroatoms. The molecule has 2 aliphatic rings. The molecule has 0 atom stereocenters. The molecule has 2 N–H and O–H groups in total. The van der Waals surface area contributed by atoms with Crippen LogP contribution in [0.25, 0.3) is 11.3 Å². The number of H-pyrrole nitrogens is 1. The molecule has 0 aliphatic carbocycles. The summed E-state index contributed by atoms with van der Waals surface area (Å²) in [4.78, 5) is 17.5. The molecule has 1 amide bonds. The number of amides is 1. The Kier molecular flexibility index (Phi) is 4.21. The molecule has 122 valence electrons. The van der Waals surface area contributed by atoms with E-state index in [1.807, 2.05) is 11.8 Å². The highest BCUT2D eigenvalue weighted by Crippen LogP contribution is 2.35. The first-order valence-electron chi connectivity index (χ1n) is 8.03. The molecule has 0 radical (unpaired) electrons. The minimum atomic E-state index is 0. The number of likely N-dealkylation sites (N-methyl/N-ethyl adjacent to an activating group) is 1. The lowest BCUT2D eigenvalue weighted by atomic mass is 10.0. The van der Waals surface area contributed by atoms with Crippen LogP contribution >= 0.6 is 12.4 Å². The van der Waals surface area contributed by atoms with E-state index in [2.05, 4.69) is 35.4 Å². The van der Waals surface area contributed by atoms with Crippen LogP contribution in [0.3, 0.4) is 0 Å². The smallest absolute Gasteiger partial charge is 0.231 e. The molecule has 0 saturated carbocycles. The normalized spacial score (nSPS) is 16.1. The third-order valence-corrected chi connectivity index (χ3v) is 4.94. The minimum Gasteiger partial charge on any atom is -0.358 e. The Morgan fingerprint density at radius 3 is 2.87 bits per heavy atom. The van der Waals surface area contributed by atoms with Gasteiger partial charge in [0.25, 0.3) is 0 Å². The summed E-state index contributed by atoms with van der Waals surface area (Å²) in [6.07, 6.45) is 1.58. The van der Waals surface area contributed by atoms with Crippen molar-refractivity contribution in [3.8, 4) is 11.3 Å². The molecule has 0 spiro atoms. The Labute approximate surface area is 142 Å². The first kappa shape index (κ1) is 16.1. The van der Waals surface area contributed by atoms with Crippen molar-refractivity contribution in [2.45, 2.75) is 33.2 Å². The number of anilines is 1. The average molecular weight is 332 g/mol. The first-order chi connectivity index (χ1) is 10.7. The number of nitrogens with zero attached hydrogens (tertiary/aromatic N) is 1. The monoisotopic (exact) mass is 331 g/mol. The molecule has 0 unspecified atom stereocenters. The van der Waals surface area contributed by atoms with Crippen LogP contribution in [0.2, 0.25) is 0 Å². The van der Waals surface area contributed by atoms with Crippen LogP contribution in [0.1, 0.15) is 29.3 Å². The van der Waals surface area contributed by atoms with Crippen LogP contribution in [-0.4, -0.2) is 24.0 Å². The van der Waals surface area contributed by atoms with Gasteiger partial charge in [0, 0.05) is 43.1 Å². The van der Waals surface area contributed by atoms with Crippen molar-refractivity contribution in [1.29, 1.82) is 0 Å². The number of rotatable bonds is 2. The number of hydrogen-bond donors (Lipinski definition) is 2. The summed E-state index contributed by atoms with van der Waals surface area (Å²) in [5.41, 5.74) is 8.72. The zero-order valence-electron chi connectivity index (χ0n) is 13.5. The van der Waals surface area contributed by atoms with Gasteiger partial charge < -0.3 is 15.2 Å². The number of hydrogen-bond acceptors (Lipinski definition) is 2. The lowest BCUT2D eigenvalue weighted by Gasteiger charge is -2.14. The SMILES string of the molecule is CCN1C(=O)Cc2cc(-c3[nH]c4c(c3C)CNCC4)ccc21.Cl. The second kappa shape index (κ2) is 6.02. The molecule has 1 aromatic heterocycles. The van der Waals surface area contributed by atoms with Gasteiger partial charge in [-0.3, -0.25) is 4.79 Å². The second-order valence-electron chi connectivity index (χ2n) is 6.17. The molecule has 1 aromatic carbocycles. The third kappa shape index (κ3) is 2.46. The van der Waals surface area contributed by atoms with E-state index in [9.17, 15) is 4.79 Å². The Balaban J connectivity index is 0.00000156. The molecular formula is C18H22ClN3O. The summed E-state index contributed by atoms with van der Waals surface area (Å²) in [5.74, 6) is 0.210. The summed E-state index contributed by atoms with van der Waals surface area (Å²) in [7, 11) is 0. The molecular weight excluding hydrogens is 310 g/mol. The minimum absolute atomic E-state index is 0. The van der Waals surface area contributed by atoms with Crippen LogP contribution in [0.4, 0.5) is 5.69 Å². The van der Waals surface area contributed by atoms with Gasteiger partial charge in [-0.05, 0) is 48.2 Å². The van der Waals surface area contributed by atoms with Crippen molar-refractivity contribution >= 4 is 24.0 Å². The zero-order valence-corrected chi connectivity index (χ0v) is 14.3. The van der Waals surface area contributed by atoms with Crippen molar-refractivity contribution in [1.82, 2.24) is 10.3 Å². The Hall–Kier alpha value is -1.78. The van der Waals surface area contributed by atoms with Crippen molar-refractivity contribution < 1.29 is 4.79 Å². The number of fused-ring (bicyclic) bond motifs is 2. The quantitative estimate of drug-likeness (QED) is 0.888. The average Bonchev–Trinajstić information content (AvgIpc) is 3.03. The highest BCUT2D eigenvalue weighted by molar-refractivity contribution is 6.01. The van der Waals surface area contributed by atoms with Gasteiger partial charge in [0.1, 0.15) is 0 Å². The van der Waals surface area contributed by atoms with Gasteiger partial charge in [-0.1, -0.05) is 6.07 Å². The van der Waals surface area contributed by atoms with Crippen LogP contribution in [0.15, 0.2) is 18.2 Å². The molecule has 0 saturated heterocycles. The van der Waals surface area contributed by atoms with Crippen LogP contribution in [-0.2, 0) is 24.2 Å². The zero-order chi connectivity index (χ0) is 15.3. The van der Waals surface area contributed by atoms with Crippen molar-refractivity contribution in [2.24, 2.45) is 0 Å². The first-order valence-corrected chi connectivity index (χ1v) is 8.03. The van der Waals surface area contributed by atoms with Crippen LogP contribution in [0, 0.1) is 6.92 Å². The van der Waals surface area contributed by atoms with Crippen molar-refractivity contribution in [2.75, 3.05) is 18.0 Å². The summed E-state index contributed by atoms with van der Waals surface area (Å²) >= 11 is 0. The van der Waals surface area contributed by atoms with E-state index in [1.165, 1.54) is 28.1 Å². The van der Waals surface area contributed by atoms with Crippen LogP contribution in [0.5, 0.6) is 0 Å². The maximum atomic E-state index is 12.0. The highest BCUT2D eigenvalue weighted by atomic mass is 35.5. The number of carbonyl (C=O) groups is 1. The van der Waals surface area contributed by atoms with Gasteiger partial charge >= 0.3 is 0 Å². The van der Waals surface area contributed by atoms with E-state index in [-0.39, 0.29) is 18.3 Å². The Bertz CT molecular complexity index is 766. The summed E-state index contributed by atoms with van der Waals surface area (Å²) < 4.78 is 0. The van der Waals surface area contributed by atoms with E-state index in [4.69, 9.17) is 0 Å². The largest absolute Gasteiger partial charge is 0.358 e. The van der Waals surface area contributed by atoms with Crippen molar-refractivity contribution in [3.63, 3.8) is 0 Å². The fourth-order valence-corrected chi connectivity index (χ4v) is 3.75. The van der Waals surface area contributed by atoms with Gasteiger partial charge in [0.15, 0.2) is 0 Å². The lowest BCUT2D eigenvalue weighted by molar-refractivity contribution is -0.117. The summed E-state index contributed by atoms with van der Waals surface area (Å²) in [6, 6.07) is 6.41. The predicted octanol–water partition coefficient (Wildman–Crippen LogP) is 2.97. The standard InChI is InChI=1S/C18H21N3O.ClH/c1-3-21-16-5-4-12(8-13(16)9-17(21)22)18-11(2)14-10-19-7-6-15(14)20-18;/h4-5,8,19-20H,3,6-7,9-10H2,1-2H3;1H. The van der Waals surface area contributed by atoms with E-state index < -0.39 is 0 Å². The fraction of sp³-hybridized carbons (Fsp3) is 0.389. The maximum Gasteiger partial charge on any atom is 0.231 e. The predicted molar refractivity (Wildman–Crippen MR) is 95.4 cm³/mol. The van der Waals surface area contributed by atoms with Crippen LogP contribution < -0.4 is 10.2 Å². The lowest BCUT2D eigenvalue weighted by Crippen LogP contribution is -2.25. The van der Waals surface area contributed by atoms with E-state index >= 15 is 0 Å². The van der Waals surface area contributed by atoms with Gasteiger partial charge in [-0.15, -0.1) is 12.4 Å². The summed E-state index contributed by atoms with van der Waals surface area (Å²) in [6.45, 7) is 6.94. The third-order valence-electron chi connectivity index (χ3n) is 4.94. The molecule has 0 fully saturated rings. The van der Waals surface area contributed by atoms with Gasteiger partial charge in [0.2, 0.25) is 5.91 Å². The number of aromatic amines is 1. The van der Waals surface area contributed by atoms with E-state index in [0.717, 1.165) is 37.3 Å². The second-order valence-corrected chi connectivity index (χ2v) is 6.17.